The molecule has 0 spiro atoms. The molecule has 1 saturated carbocycles. The molecule has 0 bridgehead atoms. The average Bonchev–Trinajstić information content (AvgIpc) is 3.33. The lowest BCUT2D eigenvalue weighted by Gasteiger charge is -2.39. The minimum Gasteiger partial charge on any atom is -0.466 e. The molecule has 166 valence electrons. The molecule has 0 amide bonds. The van der Waals surface area contributed by atoms with E-state index in [4.69, 9.17) is 14.2 Å². The van der Waals surface area contributed by atoms with Gasteiger partial charge in [0, 0.05) is 32.8 Å². The number of carbonyl (C=O) groups excluding carboxylic acids is 1. The minimum absolute atomic E-state index is 0. The van der Waals surface area contributed by atoms with Crippen LogP contribution in [0.15, 0.2) is 0 Å². The van der Waals surface area contributed by atoms with Crippen LogP contribution in [0.3, 0.4) is 0 Å². The van der Waals surface area contributed by atoms with Gasteiger partial charge in [0.1, 0.15) is 0 Å². The maximum Gasteiger partial charge on any atom is 0.308 e. The quantitative estimate of drug-likeness (QED) is 0.538. The molecule has 6 nitrogen and oxygen atoms in total. The van der Waals surface area contributed by atoms with E-state index in [9.17, 15) is 4.79 Å². The van der Waals surface area contributed by atoms with Crippen molar-refractivity contribution in [3.8, 4) is 0 Å². The van der Waals surface area contributed by atoms with Gasteiger partial charge in [-0.25, -0.2) is 0 Å². The molecule has 0 aromatic carbocycles. The third-order valence-corrected chi connectivity index (χ3v) is 5.95. The van der Waals surface area contributed by atoms with E-state index >= 15 is 0 Å². The fourth-order valence-corrected chi connectivity index (χ4v) is 4.56. The Hall–Kier alpha value is -0.110. The van der Waals surface area contributed by atoms with Gasteiger partial charge in [-0.15, -0.1) is 24.8 Å². The van der Waals surface area contributed by atoms with Gasteiger partial charge in [-0.1, -0.05) is 0 Å². The van der Waals surface area contributed by atoms with Gasteiger partial charge >= 0.3 is 5.97 Å². The number of likely N-dealkylation sites (tertiary alicyclic amines) is 2. The van der Waals surface area contributed by atoms with Crippen molar-refractivity contribution < 1.29 is 19.0 Å². The van der Waals surface area contributed by atoms with E-state index in [-0.39, 0.29) is 49.2 Å². The van der Waals surface area contributed by atoms with Crippen molar-refractivity contribution in [2.24, 2.45) is 5.92 Å². The molecule has 0 N–H and O–H groups in total. The van der Waals surface area contributed by atoms with Gasteiger partial charge in [0.15, 0.2) is 6.35 Å². The van der Waals surface area contributed by atoms with Crippen LogP contribution in [-0.4, -0.2) is 73.7 Å². The van der Waals surface area contributed by atoms with E-state index < -0.39 is 0 Å². The third kappa shape index (κ3) is 6.99. The van der Waals surface area contributed by atoms with Crippen molar-refractivity contribution in [2.45, 2.75) is 77.4 Å². The zero-order chi connectivity index (χ0) is 18.4. The molecule has 3 fully saturated rings. The lowest BCUT2D eigenvalue weighted by Crippen LogP contribution is -2.50. The Balaban J connectivity index is 0.00000196. The largest absolute Gasteiger partial charge is 0.466 e. The molecule has 0 radical (unpaired) electrons. The summed E-state index contributed by atoms with van der Waals surface area (Å²) >= 11 is 0. The molecule has 2 aliphatic heterocycles. The van der Waals surface area contributed by atoms with Gasteiger partial charge in [-0.3, -0.25) is 14.6 Å². The van der Waals surface area contributed by atoms with E-state index in [1.54, 1.807) is 0 Å². The van der Waals surface area contributed by atoms with Crippen molar-refractivity contribution >= 4 is 30.8 Å². The van der Waals surface area contributed by atoms with Gasteiger partial charge in [-0.05, 0) is 58.8 Å². The van der Waals surface area contributed by atoms with Crippen molar-refractivity contribution in [1.29, 1.82) is 0 Å². The van der Waals surface area contributed by atoms with E-state index in [0.29, 0.717) is 12.7 Å². The Morgan fingerprint density at radius 3 is 2.18 bits per heavy atom. The lowest BCUT2D eigenvalue weighted by molar-refractivity contribution is -0.181. The predicted octanol–water partition coefficient (Wildman–Crippen LogP) is 3.46. The van der Waals surface area contributed by atoms with Gasteiger partial charge in [0.25, 0.3) is 0 Å². The maximum atomic E-state index is 11.9. The summed E-state index contributed by atoms with van der Waals surface area (Å²) in [7, 11) is 0. The number of hydrogen-bond acceptors (Lipinski definition) is 6. The normalized spacial score (nSPS) is 29.7. The van der Waals surface area contributed by atoms with Crippen LogP contribution in [0.2, 0.25) is 0 Å². The predicted molar refractivity (Wildman–Crippen MR) is 114 cm³/mol. The van der Waals surface area contributed by atoms with Crippen molar-refractivity contribution in [3.05, 3.63) is 0 Å². The van der Waals surface area contributed by atoms with Crippen molar-refractivity contribution in [2.75, 3.05) is 39.4 Å². The first-order valence-corrected chi connectivity index (χ1v) is 10.6. The number of ether oxygens (including phenoxy) is 3. The van der Waals surface area contributed by atoms with Gasteiger partial charge in [0.05, 0.1) is 24.7 Å². The molecule has 2 atom stereocenters. The number of nitrogens with zero attached hydrogens (tertiary/aromatic N) is 2. The number of hydrogen-bond donors (Lipinski definition) is 0. The average molecular weight is 441 g/mol. The SMILES string of the molecule is CCOC(=O)[C@H]1CC[C@H](OC(N2CCCC2)N2CC[C@H](OCC)C2)CC1.Cl.Cl. The van der Waals surface area contributed by atoms with Crippen LogP contribution in [0, 0.1) is 5.92 Å². The number of esters is 1. The fourth-order valence-electron chi connectivity index (χ4n) is 4.56. The van der Waals surface area contributed by atoms with E-state index in [1.807, 2.05) is 6.92 Å². The zero-order valence-electron chi connectivity index (χ0n) is 17.3. The summed E-state index contributed by atoms with van der Waals surface area (Å²) in [4.78, 5) is 16.9. The van der Waals surface area contributed by atoms with Gasteiger partial charge < -0.3 is 14.2 Å². The van der Waals surface area contributed by atoms with Crippen LogP contribution < -0.4 is 0 Å². The Labute approximate surface area is 182 Å². The molecule has 3 aliphatic rings. The lowest BCUT2D eigenvalue weighted by atomic mass is 9.87. The summed E-state index contributed by atoms with van der Waals surface area (Å²) in [6.45, 7) is 9.46. The summed E-state index contributed by atoms with van der Waals surface area (Å²) in [5, 5.41) is 0. The second kappa shape index (κ2) is 13.2. The first-order chi connectivity index (χ1) is 12.7. The van der Waals surface area contributed by atoms with Crippen molar-refractivity contribution in [3.63, 3.8) is 0 Å². The summed E-state index contributed by atoms with van der Waals surface area (Å²) in [5.41, 5.74) is 0. The van der Waals surface area contributed by atoms with Crippen LogP contribution >= 0.6 is 24.8 Å². The molecular formula is C20H38Cl2N2O4. The van der Waals surface area contributed by atoms with Crippen LogP contribution in [0.5, 0.6) is 0 Å². The molecular weight excluding hydrogens is 403 g/mol. The van der Waals surface area contributed by atoms with E-state index in [1.165, 1.54) is 12.8 Å². The second-order valence-electron chi connectivity index (χ2n) is 7.79. The molecule has 1 unspecified atom stereocenters. The number of carbonyl (C=O) groups is 1. The molecule has 1 aliphatic carbocycles. The summed E-state index contributed by atoms with van der Waals surface area (Å²) < 4.78 is 17.6. The Morgan fingerprint density at radius 1 is 0.893 bits per heavy atom. The standard InChI is InChI=1S/C20H36N2O4.2ClH/c1-3-24-18-11-14-22(15-18)20(21-12-5-6-13-21)26-17-9-7-16(8-10-17)19(23)25-4-2;;/h16-18,20H,3-15H2,1-2H3;2*1H/t16-,17-,18-,20?;;/m0../s1. The molecule has 2 saturated heterocycles. The number of halogens is 2. The van der Waals surface area contributed by atoms with Crippen molar-refractivity contribution in [1.82, 2.24) is 9.80 Å². The van der Waals surface area contributed by atoms with Gasteiger partial charge in [0.2, 0.25) is 0 Å². The van der Waals surface area contributed by atoms with Crippen LogP contribution in [0.25, 0.3) is 0 Å². The Morgan fingerprint density at radius 2 is 1.57 bits per heavy atom. The molecule has 0 aromatic rings. The smallest absolute Gasteiger partial charge is 0.308 e. The third-order valence-electron chi connectivity index (χ3n) is 5.95. The van der Waals surface area contributed by atoms with Crippen LogP contribution in [0.4, 0.5) is 0 Å². The topological polar surface area (TPSA) is 51.2 Å². The first kappa shape index (κ1) is 25.9. The minimum atomic E-state index is -0.0267. The molecule has 2 heterocycles. The second-order valence-corrected chi connectivity index (χ2v) is 7.79. The van der Waals surface area contributed by atoms with Crippen LogP contribution in [-0.2, 0) is 19.0 Å². The highest BCUT2D eigenvalue weighted by Gasteiger charge is 2.37. The zero-order valence-corrected chi connectivity index (χ0v) is 19.0. The monoisotopic (exact) mass is 440 g/mol. The molecule has 3 rings (SSSR count). The molecule has 8 heteroatoms. The molecule has 28 heavy (non-hydrogen) atoms. The fraction of sp³-hybridized carbons (Fsp3) is 0.950. The van der Waals surface area contributed by atoms with Gasteiger partial charge in [-0.2, -0.15) is 0 Å². The summed E-state index contributed by atoms with van der Waals surface area (Å²) in [6.07, 6.45) is 7.97. The highest BCUT2D eigenvalue weighted by atomic mass is 35.5. The van der Waals surface area contributed by atoms with E-state index in [0.717, 1.165) is 64.9 Å². The van der Waals surface area contributed by atoms with Crippen LogP contribution in [0.1, 0.15) is 58.8 Å². The first-order valence-electron chi connectivity index (χ1n) is 10.6. The number of rotatable bonds is 8. The Bertz CT molecular complexity index is 444. The maximum absolute atomic E-state index is 11.9. The summed E-state index contributed by atoms with van der Waals surface area (Å²) in [6, 6.07) is 0. The highest BCUT2D eigenvalue weighted by molar-refractivity contribution is 5.85. The highest BCUT2D eigenvalue weighted by Crippen LogP contribution is 2.30. The Kier molecular flexibility index (Phi) is 12.3. The summed E-state index contributed by atoms with van der Waals surface area (Å²) in [5.74, 6) is 0.0373. The molecule has 0 aromatic heterocycles. The van der Waals surface area contributed by atoms with E-state index in [2.05, 4.69) is 16.7 Å².